The van der Waals surface area contributed by atoms with Gasteiger partial charge in [-0.1, -0.05) is 30.3 Å². The molecule has 1 aromatic heterocycles. The first kappa shape index (κ1) is 21.9. The summed E-state index contributed by atoms with van der Waals surface area (Å²) in [4.78, 5) is 22.8. The average Bonchev–Trinajstić information content (AvgIpc) is 2.87. The summed E-state index contributed by atoms with van der Waals surface area (Å²) in [7, 11) is 0. The summed E-state index contributed by atoms with van der Waals surface area (Å²) in [5.41, 5.74) is 3.25. The van der Waals surface area contributed by atoms with E-state index in [0.29, 0.717) is 23.5 Å². The van der Waals surface area contributed by atoms with E-state index in [-0.39, 0.29) is 11.5 Å². The first-order valence-corrected chi connectivity index (χ1v) is 10.7. The maximum Gasteiger partial charge on any atom is 0.269 e. The van der Waals surface area contributed by atoms with Crippen LogP contribution in [-0.2, 0) is 6.54 Å². The third kappa shape index (κ3) is 5.68. The van der Waals surface area contributed by atoms with Crippen LogP contribution in [0, 0.1) is 10.1 Å². The molecule has 0 aliphatic carbocycles. The second kappa shape index (κ2) is 10.3. The summed E-state index contributed by atoms with van der Waals surface area (Å²) in [6, 6.07) is 27.0. The number of hydrogen-bond acceptors (Lipinski definition) is 4. The molecule has 0 amide bonds. The number of non-ortho nitro benzene ring substituents is 1. The minimum Gasteiger partial charge on any atom is -0.493 e. The van der Waals surface area contributed by atoms with Gasteiger partial charge in [0.2, 0.25) is 0 Å². The molecular weight excluding hydrogens is 416 g/mol. The van der Waals surface area contributed by atoms with E-state index in [1.54, 1.807) is 24.3 Å². The van der Waals surface area contributed by atoms with Crippen LogP contribution in [0.4, 0.5) is 5.69 Å². The molecule has 3 aromatic carbocycles. The number of ether oxygens (including phenoxy) is 1. The van der Waals surface area contributed by atoms with Crippen LogP contribution in [-0.4, -0.2) is 17.3 Å². The number of hydrogen-bond donors (Lipinski definition) is 0. The number of benzene rings is 3. The lowest BCUT2D eigenvalue weighted by Crippen LogP contribution is -2.33. The highest BCUT2D eigenvalue weighted by Gasteiger charge is 2.12. The molecular formula is C27H23N2O4+. The SMILES string of the molecule is O=C(c1ccc(OCCC[n+]2ccc(-c3ccccc3)cc2)cc1)c1ccc([N+](=O)[O-])cc1. The Bertz CT molecular complexity index is 1220. The van der Waals surface area contributed by atoms with Gasteiger partial charge < -0.3 is 4.74 Å². The monoisotopic (exact) mass is 439 g/mol. The lowest BCUT2D eigenvalue weighted by Gasteiger charge is -2.07. The standard InChI is InChI=1S/C27H23N2O4/c30-27(23-7-11-25(12-8-23)29(31)32)24-9-13-26(14-10-24)33-20-4-17-28-18-15-22(16-19-28)21-5-2-1-3-6-21/h1-3,5-16,18-19H,4,17,20H2/q+1. The summed E-state index contributed by atoms with van der Waals surface area (Å²) >= 11 is 0. The zero-order chi connectivity index (χ0) is 23.0. The molecule has 0 unspecified atom stereocenters. The fourth-order valence-corrected chi connectivity index (χ4v) is 3.47. The van der Waals surface area contributed by atoms with Gasteiger partial charge in [-0.15, -0.1) is 0 Å². The van der Waals surface area contributed by atoms with Crippen molar-refractivity contribution in [3.8, 4) is 16.9 Å². The van der Waals surface area contributed by atoms with Crippen molar-refractivity contribution in [2.75, 3.05) is 6.61 Å². The average molecular weight is 439 g/mol. The van der Waals surface area contributed by atoms with Gasteiger partial charge in [0.05, 0.1) is 11.5 Å². The number of carbonyl (C=O) groups is 1. The third-order valence-corrected chi connectivity index (χ3v) is 5.28. The molecule has 0 spiro atoms. The maximum absolute atomic E-state index is 12.6. The molecule has 0 aliphatic rings. The van der Waals surface area contributed by atoms with Crippen molar-refractivity contribution in [2.45, 2.75) is 13.0 Å². The largest absolute Gasteiger partial charge is 0.493 e. The number of nitro groups is 1. The van der Waals surface area contributed by atoms with Gasteiger partial charge in [-0.05, 0) is 47.5 Å². The van der Waals surface area contributed by atoms with Crippen LogP contribution in [0.3, 0.4) is 0 Å². The lowest BCUT2D eigenvalue weighted by atomic mass is 10.0. The van der Waals surface area contributed by atoms with E-state index in [2.05, 4.69) is 41.2 Å². The van der Waals surface area contributed by atoms with E-state index in [9.17, 15) is 14.9 Å². The van der Waals surface area contributed by atoms with Crippen molar-refractivity contribution in [3.63, 3.8) is 0 Å². The number of aromatic nitrogens is 1. The number of pyridine rings is 1. The predicted molar refractivity (Wildman–Crippen MR) is 125 cm³/mol. The molecule has 4 rings (SSSR count). The van der Waals surface area contributed by atoms with Crippen molar-refractivity contribution in [1.29, 1.82) is 0 Å². The fourth-order valence-electron chi connectivity index (χ4n) is 3.47. The van der Waals surface area contributed by atoms with Crippen molar-refractivity contribution in [3.05, 3.63) is 125 Å². The highest BCUT2D eigenvalue weighted by molar-refractivity contribution is 6.09. The molecule has 164 valence electrons. The Morgan fingerprint density at radius 2 is 1.36 bits per heavy atom. The smallest absolute Gasteiger partial charge is 0.269 e. The van der Waals surface area contributed by atoms with E-state index in [4.69, 9.17) is 4.74 Å². The molecule has 0 aliphatic heterocycles. The van der Waals surface area contributed by atoms with Gasteiger partial charge in [0.25, 0.3) is 5.69 Å². The Kier molecular flexibility index (Phi) is 6.85. The van der Waals surface area contributed by atoms with E-state index in [1.807, 2.05) is 18.2 Å². The number of rotatable bonds is 9. The molecule has 33 heavy (non-hydrogen) atoms. The van der Waals surface area contributed by atoms with Crippen LogP contribution in [0.15, 0.2) is 103 Å². The number of ketones is 1. The fraction of sp³-hybridized carbons (Fsp3) is 0.111. The molecule has 0 bridgehead atoms. The molecule has 4 aromatic rings. The molecule has 1 heterocycles. The van der Waals surface area contributed by atoms with E-state index in [1.165, 1.54) is 35.4 Å². The molecule has 6 nitrogen and oxygen atoms in total. The Hall–Kier alpha value is -4.32. The normalized spacial score (nSPS) is 10.5. The van der Waals surface area contributed by atoms with Crippen LogP contribution < -0.4 is 9.30 Å². The summed E-state index contributed by atoms with van der Waals surface area (Å²) in [5.74, 6) is 0.506. The third-order valence-electron chi connectivity index (χ3n) is 5.28. The first-order valence-electron chi connectivity index (χ1n) is 10.7. The van der Waals surface area contributed by atoms with Crippen molar-refractivity contribution in [2.24, 2.45) is 0 Å². The lowest BCUT2D eigenvalue weighted by molar-refractivity contribution is -0.697. The van der Waals surface area contributed by atoms with E-state index in [0.717, 1.165) is 13.0 Å². The summed E-state index contributed by atoms with van der Waals surface area (Å²) in [5, 5.41) is 10.8. The van der Waals surface area contributed by atoms with Crippen molar-refractivity contribution in [1.82, 2.24) is 0 Å². The van der Waals surface area contributed by atoms with Crippen LogP contribution in [0.5, 0.6) is 5.75 Å². The number of nitro benzene ring substituents is 1. The van der Waals surface area contributed by atoms with Gasteiger partial charge in [0, 0.05) is 41.8 Å². The molecule has 0 saturated heterocycles. The second-order valence-corrected chi connectivity index (χ2v) is 7.55. The highest BCUT2D eigenvalue weighted by atomic mass is 16.6. The van der Waals surface area contributed by atoms with Gasteiger partial charge >= 0.3 is 0 Å². The molecule has 0 fully saturated rings. The molecule has 0 saturated carbocycles. The maximum atomic E-state index is 12.6. The summed E-state index contributed by atoms with van der Waals surface area (Å²) < 4.78 is 7.93. The molecule has 0 radical (unpaired) electrons. The first-order chi connectivity index (χ1) is 16.1. The van der Waals surface area contributed by atoms with Crippen molar-refractivity contribution >= 4 is 11.5 Å². The van der Waals surface area contributed by atoms with Crippen molar-refractivity contribution < 1.29 is 19.0 Å². The quantitative estimate of drug-likeness (QED) is 0.117. The van der Waals surface area contributed by atoms with Gasteiger partial charge in [0.1, 0.15) is 5.75 Å². The zero-order valence-electron chi connectivity index (χ0n) is 18.0. The van der Waals surface area contributed by atoms with Gasteiger partial charge in [-0.3, -0.25) is 14.9 Å². The minimum atomic E-state index is -0.487. The van der Waals surface area contributed by atoms with Gasteiger partial charge in [0.15, 0.2) is 24.7 Å². The topological polar surface area (TPSA) is 73.3 Å². The molecule has 0 N–H and O–H groups in total. The van der Waals surface area contributed by atoms with Gasteiger partial charge in [-0.25, -0.2) is 4.57 Å². The Balaban J connectivity index is 1.26. The molecule has 6 heteroatoms. The van der Waals surface area contributed by atoms with Crippen LogP contribution in [0.2, 0.25) is 0 Å². The van der Waals surface area contributed by atoms with Gasteiger partial charge in [-0.2, -0.15) is 0 Å². The van der Waals surface area contributed by atoms with E-state index < -0.39 is 4.92 Å². The molecule has 0 atom stereocenters. The Morgan fingerprint density at radius 3 is 1.97 bits per heavy atom. The number of aryl methyl sites for hydroxylation is 1. The van der Waals surface area contributed by atoms with E-state index >= 15 is 0 Å². The second-order valence-electron chi connectivity index (χ2n) is 7.55. The minimum absolute atomic E-state index is 0.0411. The van der Waals surface area contributed by atoms with Crippen LogP contribution in [0.1, 0.15) is 22.3 Å². The highest BCUT2D eigenvalue weighted by Crippen LogP contribution is 2.19. The summed E-state index contributed by atoms with van der Waals surface area (Å²) in [6.45, 7) is 1.40. The summed E-state index contributed by atoms with van der Waals surface area (Å²) in [6.07, 6.45) is 4.99. The van der Waals surface area contributed by atoms with Crippen LogP contribution in [0.25, 0.3) is 11.1 Å². The zero-order valence-corrected chi connectivity index (χ0v) is 18.0. The number of nitrogens with zero attached hydrogens (tertiary/aromatic N) is 2. The number of carbonyl (C=O) groups excluding carboxylic acids is 1. The van der Waals surface area contributed by atoms with Crippen LogP contribution >= 0.6 is 0 Å². The Morgan fingerprint density at radius 1 is 0.788 bits per heavy atom. The predicted octanol–water partition coefficient (Wildman–Crippen LogP) is 5.25. The Labute approximate surface area is 191 Å².